The third kappa shape index (κ3) is 1.61. The van der Waals surface area contributed by atoms with Crippen molar-refractivity contribution in [2.45, 2.75) is 20.0 Å². The van der Waals surface area contributed by atoms with Gasteiger partial charge in [0.25, 0.3) is 0 Å². The van der Waals surface area contributed by atoms with E-state index >= 15 is 0 Å². The van der Waals surface area contributed by atoms with Gasteiger partial charge in [-0.3, -0.25) is 4.98 Å². The number of aliphatic hydroxyl groups excluding tert-OH is 1. The molecule has 0 aliphatic rings. The average molecular weight is 187 g/mol. The van der Waals surface area contributed by atoms with Gasteiger partial charge in [-0.05, 0) is 36.9 Å². The molecule has 0 amide bonds. The molecule has 72 valence electrons. The van der Waals surface area contributed by atoms with Crippen molar-refractivity contribution in [3.05, 3.63) is 41.7 Å². The first kappa shape index (κ1) is 9.16. The minimum absolute atomic E-state index is 0.416. The molecule has 1 unspecified atom stereocenters. The Labute approximate surface area is 83.2 Å². The minimum atomic E-state index is -0.416. The molecule has 1 N–H and O–H groups in total. The third-order valence-corrected chi connectivity index (χ3v) is 2.36. The van der Waals surface area contributed by atoms with Gasteiger partial charge in [0.2, 0.25) is 0 Å². The summed E-state index contributed by atoms with van der Waals surface area (Å²) in [6, 6.07) is 7.99. The molecule has 0 spiro atoms. The second-order valence-corrected chi connectivity index (χ2v) is 3.61. The zero-order chi connectivity index (χ0) is 10.1. The second kappa shape index (κ2) is 3.39. The highest BCUT2D eigenvalue weighted by atomic mass is 16.3. The Kier molecular flexibility index (Phi) is 2.22. The summed E-state index contributed by atoms with van der Waals surface area (Å²) in [6.45, 7) is 3.74. The Hall–Kier alpha value is -1.41. The van der Waals surface area contributed by atoms with Crippen LogP contribution in [0, 0.1) is 6.92 Å². The summed E-state index contributed by atoms with van der Waals surface area (Å²) in [4.78, 5) is 4.23. The summed E-state index contributed by atoms with van der Waals surface area (Å²) in [5.74, 6) is 0. The Morgan fingerprint density at radius 3 is 2.71 bits per heavy atom. The highest BCUT2D eigenvalue weighted by Crippen LogP contribution is 2.19. The first-order valence-electron chi connectivity index (χ1n) is 4.71. The van der Waals surface area contributed by atoms with E-state index in [1.807, 2.05) is 37.4 Å². The lowest BCUT2D eigenvalue weighted by Gasteiger charge is -2.06. The van der Waals surface area contributed by atoms with E-state index in [0.29, 0.717) is 0 Å². The Morgan fingerprint density at radius 2 is 2.00 bits per heavy atom. The quantitative estimate of drug-likeness (QED) is 0.744. The van der Waals surface area contributed by atoms with E-state index in [-0.39, 0.29) is 0 Å². The third-order valence-electron chi connectivity index (χ3n) is 2.36. The van der Waals surface area contributed by atoms with Crippen molar-refractivity contribution in [1.82, 2.24) is 4.98 Å². The maximum absolute atomic E-state index is 9.42. The molecule has 1 atom stereocenters. The summed E-state index contributed by atoms with van der Waals surface area (Å²) >= 11 is 0. The lowest BCUT2D eigenvalue weighted by atomic mass is 10.1. The Balaban J connectivity index is 2.62. The Bertz CT molecular complexity index is 463. The second-order valence-electron chi connectivity index (χ2n) is 3.61. The van der Waals surface area contributed by atoms with Gasteiger partial charge in [-0.15, -0.1) is 0 Å². The average Bonchev–Trinajstić information content (AvgIpc) is 2.16. The van der Waals surface area contributed by atoms with Crippen LogP contribution >= 0.6 is 0 Å². The molecule has 1 aromatic heterocycles. The minimum Gasteiger partial charge on any atom is -0.389 e. The van der Waals surface area contributed by atoms with Crippen LogP contribution in [0.2, 0.25) is 0 Å². The number of hydrogen-bond donors (Lipinski definition) is 1. The predicted molar refractivity (Wildman–Crippen MR) is 57.1 cm³/mol. The first-order valence-corrected chi connectivity index (χ1v) is 4.71. The van der Waals surface area contributed by atoms with Gasteiger partial charge in [0.15, 0.2) is 0 Å². The van der Waals surface area contributed by atoms with Crippen LogP contribution in [-0.4, -0.2) is 10.1 Å². The van der Waals surface area contributed by atoms with E-state index in [9.17, 15) is 5.11 Å². The fraction of sp³-hybridized carbons (Fsp3) is 0.250. The van der Waals surface area contributed by atoms with Crippen molar-refractivity contribution in [2.24, 2.45) is 0 Å². The molecule has 2 nitrogen and oxygen atoms in total. The zero-order valence-electron chi connectivity index (χ0n) is 8.36. The van der Waals surface area contributed by atoms with Gasteiger partial charge >= 0.3 is 0 Å². The number of nitrogens with zero attached hydrogens (tertiary/aromatic N) is 1. The van der Waals surface area contributed by atoms with Crippen LogP contribution in [0.25, 0.3) is 10.8 Å². The molecule has 0 bridgehead atoms. The molecule has 2 heteroatoms. The van der Waals surface area contributed by atoms with Gasteiger partial charge in [-0.1, -0.05) is 12.1 Å². The highest BCUT2D eigenvalue weighted by Gasteiger charge is 2.01. The van der Waals surface area contributed by atoms with Crippen LogP contribution in [-0.2, 0) is 0 Å². The van der Waals surface area contributed by atoms with Gasteiger partial charge < -0.3 is 5.11 Å². The van der Waals surface area contributed by atoms with Crippen LogP contribution in [0.5, 0.6) is 0 Å². The van der Waals surface area contributed by atoms with Gasteiger partial charge in [0, 0.05) is 17.3 Å². The lowest BCUT2D eigenvalue weighted by molar-refractivity contribution is 0.199. The zero-order valence-corrected chi connectivity index (χ0v) is 8.36. The standard InChI is InChI=1S/C12H13NO/c1-8-5-11-4-3-10(9(2)14)6-12(11)7-13-8/h3-7,9,14H,1-2H3. The maximum atomic E-state index is 9.42. The van der Waals surface area contributed by atoms with Crippen molar-refractivity contribution in [3.63, 3.8) is 0 Å². The van der Waals surface area contributed by atoms with Gasteiger partial charge in [0.05, 0.1) is 6.10 Å². The molecule has 2 aromatic rings. The summed E-state index contributed by atoms with van der Waals surface area (Å²) < 4.78 is 0. The van der Waals surface area contributed by atoms with Crippen molar-refractivity contribution < 1.29 is 5.11 Å². The van der Waals surface area contributed by atoms with Crippen molar-refractivity contribution in [3.8, 4) is 0 Å². The number of hydrogen-bond acceptors (Lipinski definition) is 2. The van der Waals surface area contributed by atoms with Crippen LogP contribution in [0.15, 0.2) is 30.5 Å². The number of fused-ring (bicyclic) bond motifs is 1. The normalized spacial score (nSPS) is 13.1. The lowest BCUT2D eigenvalue weighted by Crippen LogP contribution is -1.90. The number of aliphatic hydroxyl groups is 1. The molecule has 0 aliphatic heterocycles. The molecule has 0 saturated carbocycles. The molecular formula is C12H13NO. The summed E-state index contributed by atoms with van der Waals surface area (Å²) in [5.41, 5.74) is 1.95. The number of rotatable bonds is 1. The van der Waals surface area contributed by atoms with Crippen molar-refractivity contribution in [2.75, 3.05) is 0 Å². The van der Waals surface area contributed by atoms with Gasteiger partial charge in [-0.25, -0.2) is 0 Å². The SMILES string of the molecule is Cc1cc2ccc(C(C)O)cc2cn1. The topological polar surface area (TPSA) is 33.1 Å². The van der Waals surface area contributed by atoms with E-state index in [2.05, 4.69) is 4.98 Å². The molecule has 14 heavy (non-hydrogen) atoms. The Morgan fingerprint density at radius 1 is 1.21 bits per heavy atom. The van der Waals surface area contributed by atoms with Gasteiger partial charge in [-0.2, -0.15) is 0 Å². The number of aryl methyl sites for hydroxylation is 1. The molecule has 2 rings (SSSR count). The van der Waals surface area contributed by atoms with E-state index in [1.54, 1.807) is 6.92 Å². The van der Waals surface area contributed by atoms with Crippen LogP contribution in [0.1, 0.15) is 24.3 Å². The number of aromatic nitrogens is 1. The predicted octanol–water partition coefficient (Wildman–Crippen LogP) is 2.60. The van der Waals surface area contributed by atoms with E-state index < -0.39 is 6.10 Å². The monoisotopic (exact) mass is 187 g/mol. The molecule has 0 fully saturated rings. The summed E-state index contributed by atoms with van der Waals surface area (Å²) in [7, 11) is 0. The summed E-state index contributed by atoms with van der Waals surface area (Å²) in [5, 5.41) is 11.7. The fourth-order valence-corrected chi connectivity index (χ4v) is 1.53. The number of benzene rings is 1. The molecular weight excluding hydrogens is 174 g/mol. The smallest absolute Gasteiger partial charge is 0.0762 e. The van der Waals surface area contributed by atoms with Crippen molar-refractivity contribution >= 4 is 10.8 Å². The first-order chi connectivity index (χ1) is 6.66. The largest absolute Gasteiger partial charge is 0.389 e. The molecule has 1 aromatic carbocycles. The van der Waals surface area contributed by atoms with E-state index in [1.165, 1.54) is 5.39 Å². The van der Waals surface area contributed by atoms with Crippen molar-refractivity contribution in [1.29, 1.82) is 0 Å². The number of pyridine rings is 1. The van der Waals surface area contributed by atoms with Crippen LogP contribution in [0.4, 0.5) is 0 Å². The van der Waals surface area contributed by atoms with Crippen LogP contribution < -0.4 is 0 Å². The van der Waals surface area contributed by atoms with Crippen LogP contribution in [0.3, 0.4) is 0 Å². The molecule has 0 radical (unpaired) electrons. The molecule has 0 saturated heterocycles. The molecule has 1 heterocycles. The van der Waals surface area contributed by atoms with Gasteiger partial charge in [0.1, 0.15) is 0 Å². The summed E-state index contributed by atoms with van der Waals surface area (Å²) in [6.07, 6.45) is 1.43. The molecule has 0 aliphatic carbocycles. The maximum Gasteiger partial charge on any atom is 0.0762 e. The fourth-order valence-electron chi connectivity index (χ4n) is 1.53. The van der Waals surface area contributed by atoms with E-state index in [4.69, 9.17) is 0 Å². The highest BCUT2D eigenvalue weighted by molar-refractivity contribution is 5.82. The van der Waals surface area contributed by atoms with E-state index in [0.717, 1.165) is 16.6 Å².